The van der Waals surface area contributed by atoms with Crippen molar-refractivity contribution < 1.29 is 61.4 Å². The normalized spacial score (nSPS) is 31.4. The fourth-order valence-electron chi connectivity index (χ4n) is 3.13. The minimum absolute atomic E-state index is 0.0404. The van der Waals surface area contributed by atoms with Crippen LogP contribution in [0, 0.1) is 4.64 Å². The second kappa shape index (κ2) is 8.76. The summed E-state index contributed by atoms with van der Waals surface area (Å²) >= 11 is 5.08. The molecule has 34 heavy (non-hydrogen) atoms. The first kappa shape index (κ1) is 27.4. The second-order valence-corrected chi connectivity index (χ2v) is 12.2. The van der Waals surface area contributed by atoms with Crippen molar-refractivity contribution in [2.45, 2.75) is 37.4 Å². The number of imidazole rings is 1. The molecule has 192 valence electrons. The zero-order valence-corrected chi connectivity index (χ0v) is 20.6. The van der Waals surface area contributed by atoms with Gasteiger partial charge in [0.15, 0.2) is 16.8 Å². The Morgan fingerprint density at radius 3 is 2.38 bits per heavy atom. The molecule has 1 fully saturated rings. The molecule has 1 aliphatic heterocycles. The molecule has 3 unspecified atom stereocenters. The highest BCUT2D eigenvalue weighted by molar-refractivity contribution is 7.71. The van der Waals surface area contributed by atoms with E-state index in [1.807, 2.05) is 0 Å². The van der Waals surface area contributed by atoms with E-state index in [4.69, 9.17) is 32.5 Å². The molecule has 2 aromatic heterocycles. The average molecular weight is 567 g/mol. The zero-order chi connectivity index (χ0) is 25.9. The lowest BCUT2D eigenvalue weighted by Gasteiger charge is -2.35. The van der Waals surface area contributed by atoms with Gasteiger partial charge in [-0.15, -0.1) is 0 Å². The van der Waals surface area contributed by atoms with E-state index in [0.717, 1.165) is 6.92 Å². The van der Waals surface area contributed by atoms with E-state index in [9.17, 15) is 33.7 Å². The lowest BCUT2D eigenvalue weighted by atomic mass is 9.83. The van der Waals surface area contributed by atoms with Crippen molar-refractivity contribution in [1.82, 2.24) is 19.5 Å². The van der Waals surface area contributed by atoms with E-state index in [1.165, 1.54) is 17.8 Å². The molecule has 2 aromatic rings. The Morgan fingerprint density at radius 1 is 1.18 bits per heavy atom. The number of H-pyrrole nitrogens is 1. The summed E-state index contributed by atoms with van der Waals surface area (Å²) < 4.78 is 52.8. The van der Waals surface area contributed by atoms with Gasteiger partial charge in [0.2, 0.25) is 0 Å². The largest absolute Gasteiger partial charge is 0.490 e. The van der Waals surface area contributed by atoms with E-state index < -0.39 is 53.6 Å². The van der Waals surface area contributed by atoms with Crippen molar-refractivity contribution in [2.75, 3.05) is 12.3 Å². The highest BCUT2D eigenvalue weighted by atomic mass is 32.1. The van der Waals surface area contributed by atoms with Gasteiger partial charge in [0, 0.05) is 0 Å². The summed E-state index contributed by atoms with van der Waals surface area (Å²) in [4.78, 5) is 46.6. The SMILES string of the molecule is CC1(O)[C@@H](COP(=O)(O)OP(=O)(O)OP(=O)(O)O)O[C@@H](n2cnc3c(=S)nc(N)[nH]c32)[C@]1(C)O. The summed E-state index contributed by atoms with van der Waals surface area (Å²) in [7, 11) is -16.8. The molecule has 0 amide bonds. The van der Waals surface area contributed by atoms with Crippen LogP contribution < -0.4 is 5.73 Å². The van der Waals surface area contributed by atoms with Gasteiger partial charge >= 0.3 is 23.5 Å². The molecule has 0 bridgehead atoms. The number of anilines is 1. The fraction of sp³-hybridized carbons (Fsp3) is 0.583. The number of hydrogen-bond donors (Lipinski definition) is 8. The van der Waals surface area contributed by atoms with Gasteiger partial charge in [0.1, 0.15) is 28.5 Å². The number of aromatic nitrogens is 4. The number of nitrogens with one attached hydrogen (secondary N) is 1. The van der Waals surface area contributed by atoms with Crippen LogP contribution in [0.25, 0.3) is 11.2 Å². The molecule has 0 aromatic carbocycles. The van der Waals surface area contributed by atoms with Crippen molar-refractivity contribution in [2.24, 2.45) is 0 Å². The first-order valence-electron chi connectivity index (χ1n) is 8.87. The summed E-state index contributed by atoms with van der Waals surface area (Å²) in [6.07, 6.45) is -1.75. The highest BCUT2D eigenvalue weighted by Gasteiger charge is 2.62. The van der Waals surface area contributed by atoms with E-state index in [-0.39, 0.29) is 21.8 Å². The molecule has 1 saturated heterocycles. The third kappa shape index (κ3) is 5.48. The summed E-state index contributed by atoms with van der Waals surface area (Å²) in [5.74, 6) is -0.0761. The van der Waals surface area contributed by atoms with Crippen LogP contribution in [-0.4, -0.2) is 73.2 Å². The highest BCUT2D eigenvalue weighted by Crippen LogP contribution is 2.66. The Labute approximate surface area is 194 Å². The summed E-state index contributed by atoms with van der Waals surface area (Å²) in [6, 6.07) is 0. The van der Waals surface area contributed by atoms with Crippen LogP contribution in [0.5, 0.6) is 0 Å². The molecule has 0 radical (unpaired) electrons. The van der Waals surface area contributed by atoms with Crippen LogP contribution >= 0.6 is 35.7 Å². The molecular formula is C12H20N5O13P3S. The predicted molar refractivity (Wildman–Crippen MR) is 112 cm³/mol. The van der Waals surface area contributed by atoms with Gasteiger partial charge in [-0.2, -0.15) is 8.62 Å². The van der Waals surface area contributed by atoms with Gasteiger partial charge in [-0.3, -0.25) is 9.09 Å². The molecule has 0 saturated carbocycles. The minimum atomic E-state index is -5.74. The topological polar surface area (TPSA) is 282 Å². The maximum Gasteiger partial charge on any atom is 0.490 e. The third-order valence-electron chi connectivity index (χ3n) is 4.95. The van der Waals surface area contributed by atoms with Gasteiger partial charge in [-0.25, -0.2) is 23.7 Å². The lowest BCUT2D eigenvalue weighted by Crippen LogP contribution is -2.54. The van der Waals surface area contributed by atoms with Gasteiger partial charge in [0.25, 0.3) is 0 Å². The number of nitrogens with zero attached hydrogens (tertiary/aromatic N) is 3. The maximum atomic E-state index is 12.0. The predicted octanol–water partition coefficient (Wildman–Crippen LogP) is -0.186. The number of rotatable bonds is 8. The quantitative estimate of drug-likeness (QED) is 0.151. The molecule has 3 heterocycles. The second-order valence-electron chi connectivity index (χ2n) is 7.44. The summed E-state index contributed by atoms with van der Waals surface area (Å²) in [5, 5.41) is 22.0. The van der Waals surface area contributed by atoms with Crippen LogP contribution in [0.15, 0.2) is 6.33 Å². The molecule has 0 spiro atoms. The van der Waals surface area contributed by atoms with Crippen molar-refractivity contribution >= 4 is 52.8 Å². The maximum absolute atomic E-state index is 12.0. The number of ether oxygens (including phenoxy) is 1. The third-order valence-corrected chi connectivity index (χ3v) is 9.04. The van der Waals surface area contributed by atoms with Crippen LogP contribution in [0.2, 0.25) is 0 Å². The van der Waals surface area contributed by atoms with Gasteiger partial charge in [-0.05, 0) is 13.8 Å². The molecule has 6 atom stereocenters. The minimum Gasteiger partial charge on any atom is -0.384 e. The molecule has 18 nitrogen and oxygen atoms in total. The molecular weight excluding hydrogens is 547 g/mol. The Balaban J connectivity index is 1.84. The van der Waals surface area contributed by atoms with Crippen LogP contribution in [0.1, 0.15) is 20.1 Å². The number of aromatic amines is 1. The monoisotopic (exact) mass is 567 g/mol. The molecule has 9 N–H and O–H groups in total. The first-order chi connectivity index (χ1) is 15.3. The van der Waals surface area contributed by atoms with Crippen molar-refractivity contribution in [3.8, 4) is 0 Å². The number of phosphoric acid groups is 3. The van der Waals surface area contributed by atoms with Crippen molar-refractivity contribution in [3.05, 3.63) is 11.0 Å². The van der Waals surface area contributed by atoms with Gasteiger partial charge < -0.3 is 45.2 Å². The standard InChI is InChI=1S/C12H20N5O13P3S/c1-11(18)5(3-27-32(23,24)30-33(25,26)29-31(20,21)22)28-9(12(11,2)19)17-4-14-6-7(17)15-10(13)16-8(6)34/h4-5,9,18-19H,3H2,1-2H3,(H,23,24)(H,25,26)(H2,20,21,22)(H3,13,15,16,34)/t5-,9-,11?,12+/m1/s1. The summed E-state index contributed by atoms with van der Waals surface area (Å²) in [6.45, 7) is 1.30. The Bertz CT molecular complexity index is 1300. The van der Waals surface area contributed by atoms with E-state index in [0.29, 0.717) is 0 Å². The van der Waals surface area contributed by atoms with Crippen LogP contribution in [0.4, 0.5) is 5.95 Å². The van der Waals surface area contributed by atoms with Crippen LogP contribution in [-0.2, 0) is 31.6 Å². The number of hydrogen-bond acceptors (Lipinski definition) is 13. The number of nitrogens with two attached hydrogens (primary N) is 1. The Hall–Kier alpha value is -1.14. The van der Waals surface area contributed by atoms with Crippen LogP contribution in [0.3, 0.4) is 0 Å². The first-order valence-corrected chi connectivity index (χ1v) is 13.8. The average Bonchev–Trinajstić information content (AvgIpc) is 3.08. The number of fused-ring (bicyclic) bond motifs is 1. The molecule has 1 aliphatic rings. The van der Waals surface area contributed by atoms with Gasteiger partial charge in [0.05, 0.1) is 12.9 Å². The van der Waals surface area contributed by atoms with Crippen molar-refractivity contribution in [1.29, 1.82) is 0 Å². The van der Waals surface area contributed by atoms with E-state index in [2.05, 4.69) is 28.1 Å². The molecule has 3 rings (SSSR count). The van der Waals surface area contributed by atoms with Crippen molar-refractivity contribution in [3.63, 3.8) is 0 Å². The number of aliphatic hydroxyl groups is 2. The van der Waals surface area contributed by atoms with E-state index >= 15 is 0 Å². The van der Waals surface area contributed by atoms with E-state index in [1.54, 1.807) is 0 Å². The lowest BCUT2D eigenvalue weighted by molar-refractivity contribution is -0.134. The number of phosphoric ester groups is 1. The number of nitrogen functional groups attached to an aromatic ring is 1. The zero-order valence-electron chi connectivity index (χ0n) is 17.1. The Kier molecular flexibility index (Phi) is 7.07. The van der Waals surface area contributed by atoms with Gasteiger partial charge in [-0.1, -0.05) is 12.2 Å². The summed E-state index contributed by atoms with van der Waals surface area (Å²) in [5.41, 5.74) is 1.76. The smallest absolute Gasteiger partial charge is 0.384 e. The fourth-order valence-corrected chi connectivity index (χ4v) is 6.40. The molecule has 22 heteroatoms. The Morgan fingerprint density at radius 2 is 1.79 bits per heavy atom. The molecule has 0 aliphatic carbocycles.